The molecule has 0 bridgehead atoms. The van der Waals surface area contributed by atoms with Gasteiger partial charge in [0.05, 0.1) is 5.69 Å². The molecule has 0 radical (unpaired) electrons. The summed E-state index contributed by atoms with van der Waals surface area (Å²) in [7, 11) is 0. The lowest BCUT2D eigenvalue weighted by Gasteiger charge is -2.09. The van der Waals surface area contributed by atoms with Gasteiger partial charge >= 0.3 is 0 Å². The van der Waals surface area contributed by atoms with Gasteiger partial charge in [0.25, 0.3) is 0 Å². The number of thioether (sulfide) groups is 1. The number of oxazole rings is 1. The molecule has 0 amide bonds. The molecule has 1 saturated heterocycles. The third kappa shape index (κ3) is 4.54. The summed E-state index contributed by atoms with van der Waals surface area (Å²) in [5.74, 6) is 3.73. The van der Waals surface area contributed by atoms with E-state index in [1.54, 1.807) is 0 Å². The fraction of sp³-hybridized carbons (Fsp3) is 0.304. The Labute approximate surface area is 169 Å². The fourth-order valence-electron chi connectivity index (χ4n) is 3.42. The molecule has 0 aliphatic carbocycles. The number of hydrogen-bond donors (Lipinski definition) is 1. The van der Waals surface area contributed by atoms with Crippen LogP contribution in [0.5, 0.6) is 0 Å². The normalized spacial score (nSPS) is 16.4. The molecule has 28 heavy (non-hydrogen) atoms. The maximum atomic E-state index is 12.6. The van der Waals surface area contributed by atoms with Crippen molar-refractivity contribution in [2.75, 3.05) is 11.6 Å². The number of Topliss-reactive ketones (excluding diaryl/α,β-unsaturated/α-hetero) is 1. The van der Waals surface area contributed by atoms with Gasteiger partial charge in [0, 0.05) is 41.6 Å². The molecule has 2 heterocycles. The van der Waals surface area contributed by atoms with E-state index in [9.17, 15) is 4.79 Å². The first-order valence-electron chi connectivity index (χ1n) is 9.64. The number of carbonyl (C=O) groups is 1. The molecule has 1 aliphatic rings. The quantitative estimate of drug-likeness (QED) is 0.592. The maximum absolute atomic E-state index is 12.6. The predicted molar refractivity (Wildman–Crippen MR) is 114 cm³/mol. The van der Waals surface area contributed by atoms with Crippen LogP contribution in [0.15, 0.2) is 59.0 Å². The second kappa shape index (κ2) is 8.76. The van der Waals surface area contributed by atoms with Gasteiger partial charge < -0.3 is 9.73 Å². The van der Waals surface area contributed by atoms with Gasteiger partial charge in [-0.15, -0.1) is 11.8 Å². The lowest BCUT2D eigenvalue weighted by Crippen LogP contribution is -2.25. The second-order valence-corrected chi connectivity index (χ2v) is 8.16. The Morgan fingerprint density at radius 3 is 2.68 bits per heavy atom. The first-order valence-corrected chi connectivity index (χ1v) is 10.8. The summed E-state index contributed by atoms with van der Waals surface area (Å²) in [5, 5.41) is 3.48. The summed E-state index contributed by atoms with van der Waals surface area (Å²) in [6.45, 7) is 1.91. The molecule has 4 rings (SSSR count). The number of nitrogens with one attached hydrogen (secondary N) is 1. The summed E-state index contributed by atoms with van der Waals surface area (Å²) in [4.78, 5) is 17.2. The second-order valence-electron chi connectivity index (χ2n) is 7.13. The van der Waals surface area contributed by atoms with E-state index < -0.39 is 0 Å². The van der Waals surface area contributed by atoms with Crippen molar-refractivity contribution < 1.29 is 9.21 Å². The molecule has 2 aromatic carbocycles. The summed E-state index contributed by atoms with van der Waals surface area (Å²) in [6, 6.07) is 18.4. The average molecular weight is 393 g/mol. The molecule has 4 nitrogen and oxygen atoms in total. The van der Waals surface area contributed by atoms with Crippen LogP contribution < -0.4 is 5.32 Å². The smallest absolute Gasteiger partial charge is 0.226 e. The van der Waals surface area contributed by atoms with Crippen LogP contribution in [0.4, 0.5) is 0 Å². The number of nitrogens with zero attached hydrogens (tertiary/aromatic N) is 1. The first-order chi connectivity index (χ1) is 13.7. The number of rotatable bonds is 7. The maximum Gasteiger partial charge on any atom is 0.226 e. The molecule has 1 fully saturated rings. The molecule has 5 heteroatoms. The first kappa shape index (κ1) is 19.0. The third-order valence-corrected chi connectivity index (χ3v) is 6.06. The summed E-state index contributed by atoms with van der Waals surface area (Å²) in [6.07, 6.45) is 2.04. The molecule has 1 aliphatic heterocycles. The Morgan fingerprint density at radius 1 is 1.18 bits per heavy atom. The van der Waals surface area contributed by atoms with Crippen LogP contribution in [0.1, 0.15) is 33.8 Å². The Hall–Kier alpha value is -2.37. The van der Waals surface area contributed by atoms with Crippen molar-refractivity contribution in [2.45, 2.75) is 32.2 Å². The van der Waals surface area contributed by atoms with Gasteiger partial charge in [0.15, 0.2) is 5.78 Å². The molecule has 3 aromatic rings. The van der Waals surface area contributed by atoms with Crippen molar-refractivity contribution in [3.05, 3.63) is 77.2 Å². The van der Waals surface area contributed by atoms with Crippen molar-refractivity contribution in [3.63, 3.8) is 0 Å². The van der Waals surface area contributed by atoms with E-state index in [1.165, 1.54) is 5.56 Å². The zero-order valence-corrected chi connectivity index (χ0v) is 16.8. The number of hydrogen-bond acceptors (Lipinski definition) is 5. The van der Waals surface area contributed by atoms with E-state index in [0.717, 1.165) is 40.6 Å². The van der Waals surface area contributed by atoms with E-state index in [1.807, 2.05) is 61.2 Å². The monoisotopic (exact) mass is 392 g/mol. The van der Waals surface area contributed by atoms with Crippen molar-refractivity contribution in [1.29, 1.82) is 0 Å². The fourth-order valence-corrected chi connectivity index (χ4v) is 4.41. The molecule has 1 atom stereocenters. The average Bonchev–Trinajstić information content (AvgIpc) is 3.37. The zero-order chi connectivity index (χ0) is 19.3. The Balaban J connectivity index is 1.36. The Morgan fingerprint density at radius 2 is 1.96 bits per heavy atom. The highest BCUT2D eigenvalue weighted by molar-refractivity contribution is 7.99. The molecule has 144 valence electrons. The minimum absolute atomic E-state index is 0.143. The van der Waals surface area contributed by atoms with Crippen molar-refractivity contribution in [1.82, 2.24) is 10.3 Å². The third-order valence-electron chi connectivity index (χ3n) is 5.05. The number of carbonyl (C=O) groups excluding carboxylic acids is 1. The standard InChI is InChI=1S/C23H24N2O2S/c1-16-21(25-23(27-16)19-5-3-2-4-6-19)11-12-22(26)18-9-7-17(8-10-18)13-20-14-28-15-24-20/h2-10,20,24H,11-15H2,1H3. The summed E-state index contributed by atoms with van der Waals surface area (Å²) >= 11 is 1.94. The van der Waals surface area contributed by atoms with E-state index in [2.05, 4.69) is 22.4 Å². The largest absolute Gasteiger partial charge is 0.441 e. The number of aromatic nitrogens is 1. The van der Waals surface area contributed by atoms with Gasteiger partial charge in [-0.1, -0.05) is 42.5 Å². The van der Waals surface area contributed by atoms with Crippen LogP contribution in [0.2, 0.25) is 0 Å². The van der Waals surface area contributed by atoms with Crippen molar-refractivity contribution >= 4 is 17.5 Å². The predicted octanol–water partition coefficient (Wildman–Crippen LogP) is 4.67. The number of benzene rings is 2. The van der Waals surface area contributed by atoms with E-state index in [0.29, 0.717) is 24.8 Å². The van der Waals surface area contributed by atoms with Gasteiger partial charge in [-0.2, -0.15) is 0 Å². The topological polar surface area (TPSA) is 55.1 Å². The van der Waals surface area contributed by atoms with Gasteiger partial charge in [-0.25, -0.2) is 4.98 Å². The minimum atomic E-state index is 0.143. The number of ketones is 1. The summed E-state index contributed by atoms with van der Waals surface area (Å²) < 4.78 is 5.79. The van der Waals surface area contributed by atoms with Crippen LogP contribution in [-0.2, 0) is 12.8 Å². The van der Waals surface area contributed by atoms with E-state index >= 15 is 0 Å². The van der Waals surface area contributed by atoms with Crippen LogP contribution in [0, 0.1) is 6.92 Å². The SMILES string of the molecule is Cc1oc(-c2ccccc2)nc1CCC(=O)c1ccc(CC2CSCN2)cc1. The molecule has 1 unspecified atom stereocenters. The zero-order valence-electron chi connectivity index (χ0n) is 16.0. The lowest BCUT2D eigenvalue weighted by molar-refractivity contribution is 0.0982. The van der Waals surface area contributed by atoms with E-state index in [4.69, 9.17) is 4.42 Å². The van der Waals surface area contributed by atoms with Crippen LogP contribution in [0.3, 0.4) is 0 Å². The Bertz CT molecular complexity index is 929. The molecular weight excluding hydrogens is 368 g/mol. The molecule has 1 aromatic heterocycles. The highest BCUT2D eigenvalue weighted by Gasteiger charge is 2.16. The van der Waals surface area contributed by atoms with Crippen molar-refractivity contribution in [3.8, 4) is 11.5 Å². The molecule has 0 saturated carbocycles. The van der Waals surface area contributed by atoms with Crippen molar-refractivity contribution in [2.24, 2.45) is 0 Å². The van der Waals surface area contributed by atoms with Crippen LogP contribution in [-0.4, -0.2) is 28.4 Å². The highest BCUT2D eigenvalue weighted by Crippen LogP contribution is 2.22. The molecule has 0 spiro atoms. The lowest BCUT2D eigenvalue weighted by atomic mass is 10.0. The van der Waals surface area contributed by atoms with E-state index in [-0.39, 0.29) is 5.78 Å². The van der Waals surface area contributed by atoms with Gasteiger partial charge in [-0.05, 0) is 31.0 Å². The highest BCUT2D eigenvalue weighted by atomic mass is 32.2. The molecular formula is C23H24N2O2S. The van der Waals surface area contributed by atoms with Crippen LogP contribution >= 0.6 is 11.8 Å². The number of aryl methyl sites for hydroxylation is 2. The van der Waals surface area contributed by atoms with Crippen LogP contribution in [0.25, 0.3) is 11.5 Å². The Kier molecular flexibility index (Phi) is 5.93. The molecule has 1 N–H and O–H groups in total. The summed E-state index contributed by atoms with van der Waals surface area (Å²) in [5.41, 5.74) is 3.85. The van der Waals surface area contributed by atoms with Gasteiger partial charge in [-0.3, -0.25) is 4.79 Å². The van der Waals surface area contributed by atoms with Gasteiger partial charge in [0.1, 0.15) is 5.76 Å². The van der Waals surface area contributed by atoms with Gasteiger partial charge in [0.2, 0.25) is 5.89 Å². The minimum Gasteiger partial charge on any atom is -0.441 e.